The maximum absolute atomic E-state index is 11.7. The van der Waals surface area contributed by atoms with E-state index in [0.717, 1.165) is 4.47 Å². The number of furan rings is 1. The normalized spacial score (nSPS) is 10.4. The van der Waals surface area contributed by atoms with Gasteiger partial charge in [0.25, 0.3) is 5.91 Å². The summed E-state index contributed by atoms with van der Waals surface area (Å²) in [5.74, 6) is 1.65. The van der Waals surface area contributed by atoms with E-state index in [1.165, 1.54) is 0 Å². The van der Waals surface area contributed by atoms with Crippen LogP contribution in [-0.2, 0) is 6.61 Å². The number of halogens is 2. The van der Waals surface area contributed by atoms with Gasteiger partial charge in [0.15, 0.2) is 5.76 Å². The molecule has 0 fully saturated rings. The van der Waals surface area contributed by atoms with Crippen LogP contribution in [0, 0.1) is 0 Å². The van der Waals surface area contributed by atoms with Gasteiger partial charge in [-0.15, -0.1) is 0 Å². The van der Waals surface area contributed by atoms with E-state index in [1.807, 2.05) is 6.07 Å². The van der Waals surface area contributed by atoms with Crippen molar-refractivity contribution in [2.45, 2.75) is 6.61 Å². The number of carbonyl (C=O) groups is 1. The molecule has 4 nitrogen and oxygen atoms in total. The van der Waals surface area contributed by atoms with E-state index < -0.39 is 0 Å². The monoisotopic (exact) mass is 389 g/mol. The minimum Gasteiger partial charge on any atom is -0.484 e. The molecule has 0 saturated heterocycles. The second-order valence-corrected chi connectivity index (χ2v) is 5.88. The quantitative estimate of drug-likeness (QED) is 0.735. The Morgan fingerprint density at radius 2 is 2.19 bits per heavy atom. The van der Waals surface area contributed by atoms with Crippen LogP contribution in [0.1, 0.15) is 16.3 Å². The topological polar surface area (TPSA) is 51.5 Å². The van der Waals surface area contributed by atoms with Crippen molar-refractivity contribution in [3.63, 3.8) is 0 Å². The van der Waals surface area contributed by atoms with Gasteiger partial charge in [0.1, 0.15) is 18.1 Å². The highest BCUT2D eigenvalue weighted by Crippen LogP contribution is 2.28. The molecule has 0 saturated carbocycles. The number of hydrogen-bond acceptors (Lipinski definition) is 4. The van der Waals surface area contributed by atoms with Gasteiger partial charge in [0, 0.05) is 16.8 Å². The molecule has 0 aliphatic carbocycles. The SMILES string of the molecule is O=C(NCCS)c1ccc(COc2ccc(Br)cc2Cl)o1. The Kier molecular flexibility index (Phi) is 6.02. The fraction of sp³-hybridized carbons (Fsp3) is 0.214. The zero-order chi connectivity index (χ0) is 15.2. The fourth-order valence-corrected chi connectivity index (χ4v) is 2.41. The van der Waals surface area contributed by atoms with E-state index in [1.54, 1.807) is 24.3 Å². The Balaban J connectivity index is 1.95. The van der Waals surface area contributed by atoms with Gasteiger partial charge < -0.3 is 14.5 Å². The molecular weight excluding hydrogens is 378 g/mol. The zero-order valence-corrected chi connectivity index (χ0v) is 14.2. The molecule has 112 valence electrons. The number of carbonyl (C=O) groups excluding carboxylic acids is 1. The predicted octanol–water partition coefficient (Wildman–Crippen LogP) is 3.93. The molecule has 21 heavy (non-hydrogen) atoms. The van der Waals surface area contributed by atoms with Crippen molar-refractivity contribution in [1.29, 1.82) is 0 Å². The molecular formula is C14H13BrClNO3S. The number of benzene rings is 1. The van der Waals surface area contributed by atoms with Crippen molar-refractivity contribution >= 4 is 46.1 Å². The number of hydrogen-bond donors (Lipinski definition) is 2. The van der Waals surface area contributed by atoms with Crippen molar-refractivity contribution in [2.24, 2.45) is 0 Å². The highest BCUT2D eigenvalue weighted by molar-refractivity contribution is 9.10. The van der Waals surface area contributed by atoms with Crippen molar-refractivity contribution in [1.82, 2.24) is 5.32 Å². The Labute approximate surface area is 141 Å². The number of ether oxygens (including phenoxy) is 1. The van der Waals surface area contributed by atoms with Crippen LogP contribution in [0.25, 0.3) is 0 Å². The molecule has 2 aromatic rings. The Morgan fingerprint density at radius 1 is 1.38 bits per heavy atom. The van der Waals surface area contributed by atoms with Crippen molar-refractivity contribution in [3.8, 4) is 5.75 Å². The summed E-state index contributed by atoms with van der Waals surface area (Å²) in [6.07, 6.45) is 0. The van der Waals surface area contributed by atoms with Crippen molar-refractivity contribution in [3.05, 3.63) is 51.3 Å². The van der Waals surface area contributed by atoms with E-state index in [9.17, 15) is 4.79 Å². The molecule has 2 rings (SSSR count). The Hall–Kier alpha value is -1.11. The Bertz CT molecular complexity index is 632. The van der Waals surface area contributed by atoms with Gasteiger partial charge in [-0.2, -0.15) is 12.6 Å². The summed E-state index contributed by atoms with van der Waals surface area (Å²) in [5, 5.41) is 3.18. The van der Waals surface area contributed by atoms with Crippen molar-refractivity contribution < 1.29 is 13.9 Å². The summed E-state index contributed by atoms with van der Waals surface area (Å²) in [4.78, 5) is 11.7. The van der Waals surface area contributed by atoms with E-state index in [0.29, 0.717) is 28.8 Å². The van der Waals surface area contributed by atoms with E-state index >= 15 is 0 Å². The summed E-state index contributed by atoms with van der Waals surface area (Å²) in [6.45, 7) is 0.685. The van der Waals surface area contributed by atoms with Gasteiger partial charge in [-0.25, -0.2) is 0 Å². The minimum atomic E-state index is -0.267. The van der Waals surface area contributed by atoms with E-state index in [-0.39, 0.29) is 18.3 Å². The smallest absolute Gasteiger partial charge is 0.287 e. The molecule has 1 heterocycles. The standard InChI is InChI=1S/C14H13BrClNO3S/c15-9-1-3-12(11(16)7-9)19-8-10-2-4-13(20-10)14(18)17-5-6-21/h1-4,7,21H,5-6,8H2,(H,17,18). The van der Waals surface area contributed by atoms with Crippen LogP contribution >= 0.6 is 40.2 Å². The highest BCUT2D eigenvalue weighted by atomic mass is 79.9. The van der Waals surface area contributed by atoms with Crippen LogP contribution in [-0.4, -0.2) is 18.2 Å². The summed E-state index contributed by atoms with van der Waals surface area (Å²) in [7, 11) is 0. The molecule has 0 aliphatic rings. The molecule has 0 bridgehead atoms. The maximum Gasteiger partial charge on any atom is 0.287 e. The van der Waals surface area contributed by atoms with Gasteiger partial charge in [-0.05, 0) is 30.3 Å². The highest BCUT2D eigenvalue weighted by Gasteiger charge is 2.11. The lowest BCUT2D eigenvalue weighted by Crippen LogP contribution is -2.24. The third-order valence-corrected chi connectivity index (χ3v) is 3.56. The third-order valence-electron chi connectivity index (χ3n) is 2.55. The fourth-order valence-electron chi connectivity index (χ4n) is 1.58. The van der Waals surface area contributed by atoms with Gasteiger partial charge >= 0.3 is 0 Å². The summed E-state index contributed by atoms with van der Waals surface area (Å²) in [6, 6.07) is 8.64. The predicted molar refractivity (Wildman–Crippen MR) is 88.4 cm³/mol. The second kappa shape index (κ2) is 7.77. The molecule has 7 heteroatoms. The van der Waals surface area contributed by atoms with Crippen LogP contribution in [0.4, 0.5) is 0 Å². The first kappa shape index (κ1) is 16.3. The molecule has 0 radical (unpaired) electrons. The van der Waals surface area contributed by atoms with Gasteiger partial charge in [0.05, 0.1) is 5.02 Å². The zero-order valence-electron chi connectivity index (χ0n) is 10.9. The first-order valence-electron chi connectivity index (χ1n) is 6.16. The first-order chi connectivity index (χ1) is 10.1. The Morgan fingerprint density at radius 3 is 2.90 bits per heavy atom. The average Bonchev–Trinajstić information content (AvgIpc) is 2.93. The minimum absolute atomic E-state index is 0.196. The van der Waals surface area contributed by atoms with Gasteiger partial charge in [0.2, 0.25) is 0 Å². The molecule has 0 spiro atoms. The number of nitrogens with one attached hydrogen (secondary N) is 1. The van der Waals surface area contributed by atoms with Crippen LogP contribution in [0.3, 0.4) is 0 Å². The molecule has 1 aromatic carbocycles. The van der Waals surface area contributed by atoms with Gasteiger partial charge in [-0.3, -0.25) is 4.79 Å². The van der Waals surface area contributed by atoms with Crippen LogP contribution in [0.15, 0.2) is 39.2 Å². The molecule has 1 aromatic heterocycles. The molecule has 0 unspecified atom stereocenters. The van der Waals surface area contributed by atoms with Crippen molar-refractivity contribution in [2.75, 3.05) is 12.3 Å². The first-order valence-corrected chi connectivity index (χ1v) is 7.96. The lowest BCUT2D eigenvalue weighted by atomic mass is 10.3. The molecule has 0 atom stereocenters. The van der Waals surface area contributed by atoms with E-state index in [2.05, 4.69) is 33.9 Å². The van der Waals surface area contributed by atoms with Crippen LogP contribution in [0.2, 0.25) is 5.02 Å². The summed E-state index contributed by atoms with van der Waals surface area (Å²) < 4.78 is 11.9. The maximum atomic E-state index is 11.7. The lowest BCUT2D eigenvalue weighted by Gasteiger charge is -2.06. The largest absolute Gasteiger partial charge is 0.484 e. The molecule has 0 aliphatic heterocycles. The summed E-state index contributed by atoms with van der Waals surface area (Å²) >= 11 is 13.4. The second-order valence-electron chi connectivity index (χ2n) is 4.11. The lowest BCUT2D eigenvalue weighted by molar-refractivity contribution is 0.0924. The van der Waals surface area contributed by atoms with E-state index in [4.69, 9.17) is 20.8 Å². The summed E-state index contributed by atoms with van der Waals surface area (Å²) in [5.41, 5.74) is 0. The molecule has 1 N–H and O–H groups in total. The number of amides is 1. The number of thiol groups is 1. The molecule has 1 amide bonds. The third kappa shape index (κ3) is 4.69. The van der Waals surface area contributed by atoms with Crippen LogP contribution in [0.5, 0.6) is 5.75 Å². The number of rotatable bonds is 6. The van der Waals surface area contributed by atoms with Crippen LogP contribution < -0.4 is 10.1 Å². The average molecular weight is 391 g/mol. The van der Waals surface area contributed by atoms with Gasteiger partial charge in [-0.1, -0.05) is 27.5 Å².